The molecule has 0 bridgehead atoms. The molecule has 0 unspecified atom stereocenters. The predicted molar refractivity (Wildman–Crippen MR) is 98.0 cm³/mol. The quantitative estimate of drug-likeness (QED) is 0.675. The molecule has 0 aromatic heterocycles. The number of hydrogen-bond donors (Lipinski definition) is 2. The molecule has 2 rings (SSSR count). The molecule has 0 saturated carbocycles. The molecule has 6 heteroatoms. The number of amides is 2. The Labute approximate surface area is 152 Å². The Morgan fingerprint density at radius 1 is 0.920 bits per heavy atom. The van der Waals surface area contributed by atoms with Crippen molar-refractivity contribution in [3.05, 3.63) is 65.2 Å². The summed E-state index contributed by atoms with van der Waals surface area (Å²) in [6.07, 6.45) is 1.02. The van der Waals surface area contributed by atoms with Gasteiger partial charge in [-0.25, -0.2) is 0 Å². The number of rotatable bonds is 9. The summed E-state index contributed by atoms with van der Waals surface area (Å²) in [5, 5.41) is 6.09. The molecule has 0 heterocycles. The second kappa shape index (κ2) is 10.4. The Morgan fingerprint density at radius 3 is 2.32 bits per heavy atom. The minimum atomic E-state index is -0.192. The van der Waals surface area contributed by atoms with E-state index in [9.17, 15) is 9.59 Å². The van der Waals surface area contributed by atoms with Crippen LogP contribution < -0.4 is 15.4 Å². The Morgan fingerprint density at radius 2 is 1.60 bits per heavy atom. The number of halogens is 1. The first-order valence-corrected chi connectivity index (χ1v) is 8.51. The zero-order valence-electron chi connectivity index (χ0n) is 13.8. The number of carbonyl (C=O) groups is 2. The van der Waals surface area contributed by atoms with E-state index < -0.39 is 0 Å². The smallest absolute Gasteiger partial charge is 0.251 e. The molecule has 2 aromatic carbocycles. The van der Waals surface area contributed by atoms with Gasteiger partial charge in [-0.1, -0.05) is 29.8 Å². The minimum absolute atomic E-state index is 0.0580. The predicted octanol–water partition coefficient (Wildman–Crippen LogP) is 3.05. The van der Waals surface area contributed by atoms with Crippen LogP contribution in [0.4, 0.5) is 0 Å². The van der Waals surface area contributed by atoms with Gasteiger partial charge in [-0.3, -0.25) is 9.59 Å². The van der Waals surface area contributed by atoms with Crippen molar-refractivity contribution in [1.82, 2.24) is 10.6 Å². The van der Waals surface area contributed by atoms with Crippen LogP contribution in [0.2, 0.25) is 5.02 Å². The van der Waals surface area contributed by atoms with E-state index in [1.165, 1.54) is 0 Å². The van der Waals surface area contributed by atoms with Gasteiger partial charge in [0.1, 0.15) is 5.75 Å². The summed E-state index contributed by atoms with van der Waals surface area (Å²) in [4.78, 5) is 23.6. The van der Waals surface area contributed by atoms with Crippen LogP contribution >= 0.6 is 11.6 Å². The van der Waals surface area contributed by atoms with Gasteiger partial charge in [-0.15, -0.1) is 0 Å². The van der Waals surface area contributed by atoms with E-state index in [1.54, 1.807) is 24.3 Å². The van der Waals surface area contributed by atoms with Gasteiger partial charge in [-0.05, 0) is 42.8 Å². The van der Waals surface area contributed by atoms with Crippen molar-refractivity contribution < 1.29 is 14.3 Å². The van der Waals surface area contributed by atoms with Crippen LogP contribution in [0.15, 0.2) is 54.6 Å². The summed E-state index contributed by atoms with van der Waals surface area (Å²) in [5.41, 5.74) is 0.536. The number of para-hydroxylation sites is 1. The number of hydrogen-bond acceptors (Lipinski definition) is 3. The second-order valence-electron chi connectivity index (χ2n) is 5.38. The molecular formula is C19H21ClN2O3. The molecule has 0 atom stereocenters. The summed E-state index contributed by atoms with van der Waals surface area (Å²) in [6.45, 7) is 1.25. The number of carbonyl (C=O) groups excluding carboxylic acids is 2. The van der Waals surface area contributed by atoms with Gasteiger partial charge in [0.15, 0.2) is 0 Å². The molecule has 0 fully saturated rings. The van der Waals surface area contributed by atoms with E-state index in [0.29, 0.717) is 43.1 Å². The van der Waals surface area contributed by atoms with Crippen LogP contribution in [0.1, 0.15) is 23.2 Å². The first-order chi connectivity index (χ1) is 12.1. The molecule has 2 aromatic rings. The molecule has 132 valence electrons. The van der Waals surface area contributed by atoms with Gasteiger partial charge in [0.05, 0.1) is 6.61 Å². The second-order valence-corrected chi connectivity index (χ2v) is 5.81. The van der Waals surface area contributed by atoms with Crippen molar-refractivity contribution >= 4 is 23.4 Å². The maximum absolute atomic E-state index is 11.9. The molecule has 25 heavy (non-hydrogen) atoms. The SMILES string of the molecule is O=C(CCCOc1ccccc1)NCCNC(=O)c1ccc(Cl)cc1. The molecular weight excluding hydrogens is 340 g/mol. The van der Waals surface area contributed by atoms with Crippen molar-refractivity contribution in [3.8, 4) is 5.75 Å². The van der Waals surface area contributed by atoms with Gasteiger partial charge < -0.3 is 15.4 Å². The normalized spacial score (nSPS) is 10.1. The zero-order chi connectivity index (χ0) is 17.9. The van der Waals surface area contributed by atoms with Gasteiger partial charge >= 0.3 is 0 Å². The highest BCUT2D eigenvalue weighted by Gasteiger charge is 2.05. The molecule has 2 N–H and O–H groups in total. The highest BCUT2D eigenvalue weighted by Crippen LogP contribution is 2.09. The van der Waals surface area contributed by atoms with Crippen molar-refractivity contribution in [2.45, 2.75) is 12.8 Å². The van der Waals surface area contributed by atoms with Crippen LogP contribution in [0.5, 0.6) is 5.75 Å². The average Bonchev–Trinajstić information content (AvgIpc) is 2.63. The summed E-state index contributed by atoms with van der Waals surface area (Å²) in [5.74, 6) is 0.549. The molecule has 0 aliphatic rings. The van der Waals surface area contributed by atoms with Crippen LogP contribution in [-0.4, -0.2) is 31.5 Å². The highest BCUT2D eigenvalue weighted by molar-refractivity contribution is 6.30. The van der Waals surface area contributed by atoms with Crippen molar-refractivity contribution in [2.24, 2.45) is 0 Å². The third-order valence-electron chi connectivity index (χ3n) is 3.40. The molecule has 0 saturated heterocycles. The lowest BCUT2D eigenvalue weighted by Crippen LogP contribution is -2.34. The van der Waals surface area contributed by atoms with E-state index in [2.05, 4.69) is 10.6 Å². The lowest BCUT2D eigenvalue weighted by atomic mass is 10.2. The highest BCUT2D eigenvalue weighted by atomic mass is 35.5. The van der Waals surface area contributed by atoms with Gasteiger partial charge in [0.2, 0.25) is 5.91 Å². The molecule has 5 nitrogen and oxygen atoms in total. The fraction of sp³-hybridized carbons (Fsp3) is 0.263. The zero-order valence-corrected chi connectivity index (χ0v) is 14.6. The maximum Gasteiger partial charge on any atom is 0.251 e. The van der Waals surface area contributed by atoms with Crippen LogP contribution in [0.25, 0.3) is 0 Å². The van der Waals surface area contributed by atoms with Crippen molar-refractivity contribution in [1.29, 1.82) is 0 Å². The first-order valence-electron chi connectivity index (χ1n) is 8.13. The van der Waals surface area contributed by atoms with Crippen LogP contribution in [0.3, 0.4) is 0 Å². The Balaban J connectivity index is 1.53. The molecule has 0 aliphatic heterocycles. The van der Waals surface area contributed by atoms with Crippen molar-refractivity contribution in [3.63, 3.8) is 0 Å². The van der Waals surface area contributed by atoms with E-state index >= 15 is 0 Å². The summed E-state index contributed by atoms with van der Waals surface area (Å²) in [7, 11) is 0. The summed E-state index contributed by atoms with van der Waals surface area (Å²) in [6, 6.07) is 16.1. The molecule has 0 spiro atoms. The summed E-state index contributed by atoms with van der Waals surface area (Å²) < 4.78 is 5.52. The van der Waals surface area contributed by atoms with E-state index in [-0.39, 0.29) is 11.8 Å². The average molecular weight is 361 g/mol. The lowest BCUT2D eigenvalue weighted by molar-refractivity contribution is -0.121. The van der Waals surface area contributed by atoms with Crippen LogP contribution in [0, 0.1) is 0 Å². The minimum Gasteiger partial charge on any atom is -0.494 e. The maximum atomic E-state index is 11.9. The van der Waals surface area contributed by atoms with Gasteiger partial charge in [0, 0.05) is 30.1 Å². The molecule has 2 amide bonds. The molecule has 0 aliphatic carbocycles. The fourth-order valence-electron chi connectivity index (χ4n) is 2.11. The van der Waals surface area contributed by atoms with E-state index in [0.717, 1.165) is 5.75 Å². The number of ether oxygens (including phenoxy) is 1. The van der Waals surface area contributed by atoms with Crippen LogP contribution in [-0.2, 0) is 4.79 Å². The standard InChI is InChI=1S/C19H21ClN2O3/c20-16-10-8-15(9-11-16)19(24)22-13-12-21-18(23)7-4-14-25-17-5-2-1-3-6-17/h1-3,5-6,8-11H,4,7,12-14H2,(H,21,23)(H,22,24). The molecule has 0 radical (unpaired) electrons. The van der Waals surface area contributed by atoms with E-state index in [1.807, 2.05) is 30.3 Å². The topological polar surface area (TPSA) is 67.4 Å². The Hall–Kier alpha value is -2.53. The Kier molecular flexibility index (Phi) is 7.79. The monoisotopic (exact) mass is 360 g/mol. The van der Waals surface area contributed by atoms with Crippen molar-refractivity contribution in [2.75, 3.05) is 19.7 Å². The fourth-order valence-corrected chi connectivity index (χ4v) is 2.24. The third kappa shape index (κ3) is 7.27. The number of benzene rings is 2. The largest absolute Gasteiger partial charge is 0.494 e. The first kappa shape index (κ1) is 18.8. The third-order valence-corrected chi connectivity index (χ3v) is 3.65. The Bertz CT molecular complexity index is 675. The summed E-state index contributed by atoms with van der Waals surface area (Å²) >= 11 is 5.78. The number of nitrogens with one attached hydrogen (secondary N) is 2. The van der Waals surface area contributed by atoms with E-state index in [4.69, 9.17) is 16.3 Å². The van der Waals surface area contributed by atoms with Gasteiger partial charge in [0.25, 0.3) is 5.91 Å². The lowest BCUT2D eigenvalue weighted by Gasteiger charge is -2.08. The van der Waals surface area contributed by atoms with Gasteiger partial charge in [-0.2, -0.15) is 0 Å².